The first-order chi connectivity index (χ1) is 6.00. The van der Waals surface area contributed by atoms with Crippen LogP contribution in [-0.2, 0) is 0 Å². The molecule has 1 aromatic rings. The first-order valence-corrected chi connectivity index (χ1v) is 3.43. The van der Waals surface area contributed by atoms with Gasteiger partial charge in [0.2, 0.25) is 0 Å². The molecule has 0 unspecified atom stereocenters. The molecule has 0 aliphatic rings. The van der Waals surface area contributed by atoms with Gasteiger partial charge in [-0.2, -0.15) is 0 Å². The predicted octanol–water partition coefficient (Wildman–Crippen LogP) is -0.799. The van der Waals surface area contributed by atoms with E-state index < -0.39 is 0 Å². The Morgan fingerprint density at radius 2 is 1.08 bits per heavy atom. The highest BCUT2D eigenvalue weighted by Crippen LogP contribution is 1.66. The van der Waals surface area contributed by atoms with E-state index in [1.807, 2.05) is 0 Å². The van der Waals surface area contributed by atoms with E-state index in [1.54, 1.807) is 18.5 Å². The fourth-order valence-corrected chi connectivity index (χ4v) is 0.253. The minimum Gasteiger partial charge on any atom is -0.333 e. The van der Waals surface area contributed by atoms with Crippen LogP contribution in [0.4, 0.5) is 0 Å². The van der Waals surface area contributed by atoms with E-state index in [4.69, 9.17) is 0 Å². The molecule has 1 heterocycles. The number of nitrogens with two attached hydrogens (primary N) is 3. The van der Waals surface area contributed by atoms with E-state index in [-0.39, 0.29) is 0 Å². The van der Waals surface area contributed by atoms with Crippen LogP contribution < -0.4 is 17.2 Å². The molecule has 5 heteroatoms. The van der Waals surface area contributed by atoms with E-state index in [2.05, 4.69) is 27.2 Å². The molecule has 72 valence electrons. The van der Waals surface area contributed by atoms with Crippen LogP contribution in [0, 0.1) is 0 Å². The number of hydrogen-bond acceptors (Lipinski definition) is 5. The maximum atomic E-state index is 4.50. The van der Waals surface area contributed by atoms with Crippen LogP contribution in [0.5, 0.6) is 0 Å². The number of hydrogen-bond donors (Lipinski definition) is 3. The minimum atomic E-state index is 1.50. The van der Waals surface area contributed by atoms with Crippen LogP contribution in [0.25, 0.3) is 0 Å². The normalized spacial score (nSPS) is 5.50. The molecule has 0 radical (unpaired) electrons. The van der Waals surface area contributed by atoms with Gasteiger partial charge in [0.25, 0.3) is 0 Å². The van der Waals surface area contributed by atoms with Gasteiger partial charge in [-0.1, -0.05) is 0 Å². The molecule has 0 amide bonds. The van der Waals surface area contributed by atoms with E-state index in [9.17, 15) is 0 Å². The Kier molecular flexibility index (Phi) is 46.5. The smallest absolute Gasteiger partial charge is 0.115 e. The van der Waals surface area contributed by atoms with Gasteiger partial charge >= 0.3 is 0 Å². The van der Waals surface area contributed by atoms with Crippen molar-refractivity contribution < 1.29 is 0 Å². The van der Waals surface area contributed by atoms with Gasteiger partial charge in [0, 0.05) is 12.4 Å². The van der Waals surface area contributed by atoms with Gasteiger partial charge in [0.1, 0.15) is 6.33 Å². The Hall–Kier alpha value is -1.04. The van der Waals surface area contributed by atoms with E-state index in [0.29, 0.717) is 0 Å². The average molecular weight is 173 g/mol. The molecule has 1 aromatic heterocycles. The summed E-state index contributed by atoms with van der Waals surface area (Å²) in [5.41, 5.74) is 13.5. The van der Waals surface area contributed by atoms with Crippen molar-refractivity contribution in [2.24, 2.45) is 17.2 Å². The second-order valence-electron chi connectivity index (χ2n) is 0.904. The Morgan fingerprint density at radius 1 is 0.750 bits per heavy atom. The Morgan fingerprint density at radius 3 is 1.17 bits per heavy atom. The van der Waals surface area contributed by atoms with Crippen LogP contribution in [0.3, 0.4) is 0 Å². The summed E-state index contributed by atoms with van der Waals surface area (Å²) < 4.78 is 0. The lowest BCUT2D eigenvalue weighted by molar-refractivity contribution is 1.17. The molecule has 5 nitrogen and oxygen atoms in total. The first-order valence-electron chi connectivity index (χ1n) is 3.43. The molecule has 0 aliphatic heterocycles. The van der Waals surface area contributed by atoms with Gasteiger partial charge in [-0.25, -0.2) is 9.97 Å². The summed E-state index contributed by atoms with van der Waals surface area (Å²) in [4.78, 5) is 7.35. The molecule has 12 heavy (non-hydrogen) atoms. The highest BCUT2D eigenvalue weighted by molar-refractivity contribution is 4.74. The largest absolute Gasteiger partial charge is 0.333 e. The molecule has 0 spiro atoms. The van der Waals surface area contributed by atoms with Crippen LogP contribution in [-0.4, -0.2) is 31.1 Å². The zero-order chi connectivity index (χ0) is 10.2. The predicted molar refractivity (Wildman–Crippen MR) is 52.4 cm³/mol. The summed E-state index contributed by atoms with van der Waals surface area (Å²) in [6.45, 7) is 0. The molecular formula is C7H19N5. The molecule has 0 aliphatic carbocycles. The fraction of sp³-hybridized carbons (Fsp3) is 0.429. The van der Waals surface area contributed by atoms with E-state index in [1.165, 1.54) is 27.5 Å². The summed E-state index contributed by atoms with van der Waals surface area (Å²) in [5.74, 6) is 0. The van der Waals surface area contributed by atoms with Crippen LogP contribution in [0.1, 0.15) is 0 Å². The van der Waals surface area contributed by atoms with Crippen molar-refractivity contribution in [2.45, 2.75) is 0 Å². The lowest BCUT2D eigenvalue weighted by atomic mass is 10.7. The second kappa shape index (κ2) is 32.5. The van der Waals surface area contributed by atoms with Crippen LogP contribution in [0.2, 0.25) is 0 Å². The highest BCUT2D eigenvalue weighted by atomic mass is 14.8. The fourth-order valence-electron chi connectivity index (χ4n) is 0.253. The molecule has 0 atom stereocenters. The highest BCUT2D eigenvalue weighted by Gasteiger charge is 1.59. The monoisotopic (exact) mass is 173 g/mol. The van der Waals surface area contributed by atoms with E-state index >= 15 is 0 Å². The molecular weight excluding hydrogens is 154 g/mol. The zero-order valence-electron chi connectivity index (χ0n) is 7.94. The molecule has 0 saturated heterocycles. The Bertz CT molecular complexity index is 83.7. The van der Waals surface area contributed by atoms with Crippen molar-refractivity contribution in [1.82, 2.24) is 9.97 Å². The first kappa shape index (κ1) is 17.2. The number of aromatic nitrogens is 2. The topological polar surface area (TPSA) is 104 Å². The summed E-state index contributed by atoms with van der Waals surface area (Å²) in [6.07, 6.45) is 4.88. The van der Waals surface area contributed by atoms with Gasteiger partial charge in [0.05, 0.1) is 0 Å². The Balaban J connectivity index is -0.000000117. The second-order valence-corrected chi connectivity index (χ2v) is 0.904. The minimum absolute atomic E-state index is 1.50. The van der Waals surface area contributed by atoms with Gasteiger partial charge in [0.15, 0.2) is 0 Å². The molecule has 0 bridgehead atoms. The third kappa shape index (κ3) is 23.1. The summed E-state index contributed by atoms with van der Waals surface area (Å²) in [7, 11) is 4.50. The summed E-state index contributed by atoms with van der Waals surface area (Å²) >= 11 is 0. The number of nitrogens with zero attached hydrogens (tertiary/aromatic N) is 2. The third-order valence-electron chi connectivity index (χ3n) is 0.478. The van der Waals surface area contributed by atoms with Crippen molar-refractivity contribution in [3.05, 3.63) is 24.8 Å². The van der Waals surface area contributed by atoms with Crippen LogP contribution >= 0.6 is 0 Å². The summed E-state index contributed by atoms with van der Waals surface area (Å²) in [6, 6.07) is 1.78. The quantitative estimate of drug-likeness (QED) is 0.476. The molecule has 0 saturated carbocycles. The van der Waals surface area contributed by atoms with Gasteiger partial charge in [-0.15, -0.1) is 0 Å². The van der Waals surface area contributed by atoms with E-state index in [0.717, 1.165) is 0 Å². The lowest BCUT2D eigenvalue weighted by Gasteiger charge is -1.70. The maximum Gasteiger partial charge on any atom is 0.115 e. The standard InChI is InChI=1S/C4H4N2.3CH5N/c1-2-5-4-6-3-1;3*1-2/h1-4H;3*2H2,1H3. The maximum absolute atomic E-state index is 4.50. The molecule has 0 aromatic carbocycles. The average Bonchev–Trinajstić information content (AvgIpc) is 2.29. The molecule has 0 fully saturated rings. The molecule has 6 N–H and O–H groups in total. The SMILES string of the molecule is CN.CN.CN.c1cncnc1. The van der Waals surface area contributed by atoms with Crippen molar-refractivity contribution in [3.8, 4) is 0 Å². The lowest BCUT2D eigenvalue weighted by Crippen LogP contribution is -1.69. The number of rotatable bonds is 0. The van der Waals surface area contributed by atoms with Crippen molar-refractivity contribution >= 4 is 0 Å². The van der Waals surface area contributed by atoms with Crippen molar-refractivity contribution in [1.29, 1.82) is 0 Å². The van der Waals surface area contributed by atoms with Gasteiger partial charge < -0.3 is 17.2 Å². The van der Waals surface area contributed by atoms with Gasteiger partial charge in [-0.05, 0) is 27.2 Å². The third-order valence-corrected chi connectivity index (χ3v) is 0.478. The zero-order valence-corrected chi connectivity index (χ0v) is 7.94. The summed E-state index contributed by atoms with van der Waals surface area (Å²) in [5, 5.41) is 0. The van der Waals surface area contributed by atoms with Crippen molar-refractivity contribution in [2.75, 3.05) is 21.1 Å². The Labute approximate surface area is 74.0 Å². The van der Waals surface area contributed by atoms with Crippen LogP contribution in [0.15, 0.2) is 24.8 Å². The molecule has 1 rings (SSSR count). The van der Waals surface area contributed by atoms with Gasteiger partial charge in [-0.3, -0.25) is 0 Å². The van der Waals surface area contributed by atoms with Crippen molar-refractivity contribution in [3.63, 3.8) is 0 Å².